The molecule has 0 spiro atoms. The Hall–Kier alpha value is -1.01. The monoisotopic (exact) mass is 249 g/mol. The zero-order valence-electron chi connectivity index (χ0n) is 7.96. The second-order valence-electron chi connectivity index (χ2n) is 3.18. The first-order chi connectivity index (χ1) is 6.59. The summed E-state index contributed by atoms with van der Waals surface area (Å²) in [5.41, 5.74) is 6.09. The Labute approximate surface area is 94.8 Å². The molecule has 7 heteroatoms. The molecule has 84 valence electrons. The SMILES string of the molecule is Cl.Nc1cc(N2CCCS2(=O)=O)ccn1. The van der Waals surface area contributed by atoms with E-state index in [1.807, 2.05) is 0 Å². The van der Waals surface area contributed by atoms with Gasteiger partial charge in [-0.25, -0.2) is 13.4 Å². The largest absolute Gasteiger partial charge is 0.384 e. The van der Waals surface area contributed by atoms with Gasteiger partial charge in [0.1, 0.15) is 5.82 Å². The van der Waals surface area contributed by atoms with Gasteiger partial charge in [-0.2, -0.15) is 0 Å². The van der Waals surface area contributed by atoms with E-state index in [4.69, 9.17) is 5.73 Å². The molecule has 0 bridgehead atoms. The minimum absolute atomic E-state index is 0. The van der Waals surface area contributed by atoms with E-state index in [-0.39, 0.29) is 18.2 Å². The van der Waals surface area contributed by atoms with Crippen molar-refractivity contribution in [1.29, 1.82) is 0 Å². The first-order valence-corrected chi connectivity index (χ1v) is 5.92. The fourth-order valence-corrected chi connectivity index (χ4v) is 3.08. The van der Waals surface area contributed by atoms with Crippen LogP contribution in [0.25, 0.3) is 0 Å². The first-order valence-electron chi connectivity index (χ1n) is 4.31. The molecule has 2 heterocycles. The maximum Gasteiger partial charge on any atom is 0.235 e. The van der Waals surface area contributed by atoms with Crippen molar-refractivity contribution in [3.8, 4) is 0 Å². The number of anilines is 2. The van der Waals surface area contributed by atoms with Crippen molar-refractivity contribution in [2.24, 2.45) is 0 Å². The van der Waals surface area contributed by atoms with Gasteiger partial charge >= 0.3 is 0 Å². The topological polar surface area (TPSA) is 76.3 Å². The maximum atomic E-state index is 11.5. The molecule has 2 N–H and O–H groups in total. The molecule has 5 nitrogen and oxygen atoms in total. The molecule has 0 aromatic carbocycles. The van der Waals surface area contributed by atoms with Gasteiger partial charge in [-0.1, -0.05) is 0 Å². The van der Waals surface area contributed by atoms with Crippen LogP contribution in [0.1, 0.15) is 6.42 Å². The molecular weight excluding hydrogens is 238 g/mol. The zero-order valence-corrected chi connectivity index (χ0v) is 9.59. The first kappa shape index (κ1) is 12.1. The molecule has 1 aromatic heterocycles. The molecule has 0 aliphatic carbocycles. The Balaban J connectivity index is 0.00000112. The average molecular weight is 250 g/mol. The van der Waals surface area contributed by atoms with E-state index in [9.17, 15) is 8.42 Å². The van der Waals surface area contributed by atoms with Crippen molar-refractivity contribution >= 4 is 33.9 Å². The number of pyridine rings is 1. The van der Waals surface area contributed by atoms with Crippen LogP contribution in [0.3, 0.4) is 0 Å². The van der Waals surface area contributed by atoms with Crippen LogP contribution in [-0.2, 0) is 10.0 Å². The third-order valence-corrected chi connectivity index (χ3v) is 4.02. The Morgan fingerprint density at radius 3 is 2.73 bits per heavy atom. The Kier molecular flexibility index (Phi) is 3.41. The molecule has 1 aliphatic rings. The van der Waals surface area contributed by atoms with Crippen molar-refractivity contribution in [1.82, 2.24) is 4.98 Å². The van der Waals surface area contributed by atoms with E-state index in [0.717, 1.165) is 0 Å². The lowest BCUT2D eigenvalue weighted by Crippen LogP contribution is -2.25. The normalized spacial score (nSPS) is 18.5. The number of rotatable bonds is 1. The number of sulfonamides is 1. The lowest BCUT2D eigenvalue weighted by molar-refractivity contribution is 0.599. The third-order valence-electron chi connectivity index (χ3n) is 2.15. The molecular formula is C8H12ClN3O2S. The van der Waals surface area contributed by atoms with Crippen LogP contribution in [0, 0.1) is 0 Å². The summed E-state index contributed by atoms with van der Waals surface area (Å²) in [5.74, 6) is 0.555. The van der Waals surface area contributed by atoms with E-state index >= 15 is 0 Å². The highest BCUT2D eigenvalue weighted by atomic mass is 35.5. The number of nitrogen functional groups attached to an aromatic ring is 1. The van der Waals surface area contributed by atoms with Gasteiger partial charge in [-0.3, -0.25) is 4.31 Å². The van der Waals surface area contributed by atoms with Crippen LogP contribution in [0.15, 0.2) is 18.3 Å². The molecule has 1 saturated heterocycles. The molecule has 0 radical (unpaired) electrons. The number of nitrogens with two attached hydrogens (primary N) is 1. The summed E-state index contributed by atoms with van der Waals surface area (Å²) >= 11 is 0. The van der Waals surface area contributed by atoms with E-state index in [0.29, 0.717) is 24.5 Å². The predicted molar refractivity (Wildman–Crippen MR) is 61.6 cm³/mol. The van der Waals surface area contributed by atoms with Gasteiger partial charge in [0.25, 0.3) is 0 Å². The van der Waals surface area contributed by atoms with Gasteiger partial charge in [0.05, 0.1) is 11.4 Å². The summed E-state index contributed by atoms with van der Waals surface area (Å²) in [4.78, 5) is 3.82. The Morgan fingerprint density at radius 1 is 1.47 bits per heavy atom. The molecule has 0 saturated carbocycles. The molecule has 0 unspecified atom stereocenters. The number of aromatic nitrogens is 1. The van der Waals surface area contributed by atoms with Gasteiger partial charge in [0.15, 0.2) is 0 Å². The average Bonchev–Trinajstić information content (AvgIpc) is 2.45. The van der Waals surface area contributed by atoms with Crippen LogP contribution in [0.4, 0.5) is 11.5 Å². The van der Waals surface area contributed by atoms with E-state index in [1.54, 1.807) is 12.1 Å². The number of hydrogen-bond donors (Lipinski definition) is 1. The molecule has 0 atom stereocenters. The second-order valence-corrected chi connectivity index (χ2v) is 5.19. The maximum absolute atomic E-state index is 11.5. The van der Waals surface area contributed by atoms with Crippen LogP contribution < -0.4 is 10.0 Å². The van der Waals surface area contributed by atoms with Gasteiger partial charge in [0.2, 0.25) is 10.0 Å². The van der Waals surface area contributed by atoms with Gasteiger partial charge in [0, 0.05) is 18.8 Å². The molecule has 1 fully saturated rings. The van der Waals surface area contributed by atoms with E-state index in [1.165, 1.54) is 10.5 Å². The predicted octanol–water partition coefficient (Wildman–Crippen LogP) is 0.625. The minimum Gasteiger partial charge on any atom is -0.384 e. The van der Waals surface area contributed by atoms with E-state index in [2.05, 4.69) is 4.98 Å². The van der Waals surface area contributed by atoms with Gasteiger partial charge in [-0.05, 0) is 12.5 Å². The summed E-state index contributed by atoms with van der Waals surface area (Å²) in [6, 6.07) is 3.22. The van der Waals surface area contributed by atoms with Crippen molar-refractivity contribution in [2.45, 2.75) is 6.42 Å². The second kappa shape index (κ2) is 4.24. The van der Waals surface area contributed by atoms with Gasteiger partial charge in [-0.15, -0.1) is 12.4 Å². The Morgan fingerprint density at radius 2 is 2.20 bits per heavy atom. The molecule has 0 amide bonds. The van der Waals surface area contributed by atoms with Crippen LogP contribution in [-0.4, -0.2) is 25.7 Å². The van der Waals surface area contributed by atoms with E-state index < -0.39 is 10.0 Å². The standard InChI is InChI=1S/C8H11N3O2S.ClH/c9-8-6-7(2-3-10-8)11-4-1-5-14(11,12)13;/h2-3,6H,1,4-5H2,(H2,9,10);1H. The van der Waals surface area contributed by atoms with Crippen LogP contribution in [0.5, 0.6) is 0 Å². The van der Waals surface area contributed by atoms with Crippen molar-refractivity contribution in [3.63, 3.8) is 0 Å². The summed E-state index contributed by atoms with van der Waals surface area (Å²) in [7, 11) is -3.11. The fourth-order valence-electron chi connectivity index (χ4n) is 1.52. The molecule has 15 heavy (non-hydrogen) atoms. The third kappa shape index (κ3) is 2.32. The van der Waals surface area contributed by atoms with Crippen molar-refractivity contribution in [2.75, 3.05) is 22.3 Å². The number of nitrogens with zero attached hydrogens (tertiary/aromatic N) is 2. The molecule has 2 rings (SSSR count). The molecule has 1 aliphatic heterocycles. The van der Waals surface area contributed by atoms with Crippen molar-refractivity contribution in [3.05, 3.63) is 18.3 Å². The quantitative estimate of drug-likeness (QED) is 0.792. The lowest BCUT2D eigenvalue weighted by Gasteiger charge is -2.16. The Bertz CT molecular complexity index is 449. The zero-order chi connectivity index (χ0) is 10.2. The number of hydrogen-bond acceptors (Lipinski definition) is 4. The van der Waals surface area contributed by atoms with Gasteiger partial charge < -0.3 is 5.73 Å². The highest BCUT2D eigenvalue weighted by Crippen LogP contribution is 2.24. The lowest BCUT2D eigenvalue weighted by atomic mass is 10.3. The summed E-state index contributed by atoms with van der Waals surface area (Å²) in [6.07, 6.45) is 2.18. The number of halogens is 1. The fraction of sp³-hybridized carbons (Fsp3) is 0.375. The highest BCUT2D eigenvalue weighted by Gasteiger charge is 2.28. The van der Waals surface area contributed by atoms with Crippen LogP contribution >= 0.6 is 12.4 Å². The summed E-state index contributed by atoms with van der Waals surface area (Å²) < 4.78 is 24.5. The van der Waals surface area contributed by atoms with Crippen molar-refractivity contribution < 1.29 is 8.42 Å². The molecule has 1 aromatic rings. The van der Waals surface area contributed by atoms with Crippen LogP contribution in [0.2, 0.25) is 0 Å². The highest BCUT2D eigenvalue weighted by molar-refractivity contribution is 7.93. The smallest absolute Gasteiger partial charge is 0.235 e. The summed E-state index contributed by atoms with van der Waals surface area (Å²) in [6.45, 7) is 0.534. The summed E-state index contributed by atoms with van der Waals surface area (Å²) in [5, 5.41) is 0. The minimum atomic E-state index is -3.11.